The van der Waals surface area contributed by atoms with Gasteiger partial charge in [-0.1, -0.05) is 20.3 Å². The molecule has 1 saturated heterocycles. The molecule has 0 saturated carbocycles. The van der Waals surface area contributed by atoms with Gasteiger partial charge in [0.1, 0.15) is 12.1 Å². The van der Waals surface area contributed by atoms with Gasteiger partial charge in [0.2, 0.25) is 0 Å². The molecule has 126 valence electrons. The first-order chi connectivity index (χ1) is 10.9. The highest BCUT2D eigenvalue weighted by Gasteiger charge is 2.36. The Kier molecular flexibility index (Phi) is 4.16. The summed E-state index contributed by atoms with van der Waals surface area (Å²) in [7, 11) is 0. The predicted molar refractivity (Wildman–Crippen MR) is 80.2 cm³/mol. The molecule has 0 unspecified atom stereocenters. The van der Waals surface area contributed by atoms with Crippen molar-refractivity contribution >= 4 is 11.6 Å². The molecule has 0 bridgehead atoms. The topological polar surface area (TPSA) is 46.3 Å². The van der Waals surface area contributed by atoms with E-state index in [0.29, 0.717) is 11.7 Å². The number of nitrogens with zero attached hydrogens (tertiary/aromatic N) is 5. The summed E-state index contributed by atoms with van der Waals surface area (Å²) in [5.41, 5.74) is -0.915. The summed E-state index contributed by atoms with van der Waals surface area (Å²) in [5.74, 6) is 0.824. The molecular formula is C15H20F3N5. The molecule has 8 heteroatoms. The zero-order chi connectivity index (χ0) is 16.6. The largest absolute Gasteiger partial charge is 0.433 e. The van der Waals surface area contributed by atoms with Crippen molar-refractivity contribution in [3.8, 4) is 0 Å². The predicted octanol–water partition coefficient (Wildman–Crippen LogP) is 3.55. The lowest BCUT2D eigenvalue weighted by Gasteiger charge is -2.40. The van der Waals surface area contributed by atoms with Crippen molar-refractivity contribution in [2.45, 2.75) is 51.7 Å². The highest BCUT2D eigenvalue weighted by Crippen LogP contribution is 2.34. The molecule has 3 heterocycles. The van der Waals surface area contributed by atoms with Gasteiger partial charge in [-0.15, -0.1) is 0 Å². The quantitative estimate of drug-likeness (QED) is 0.865. The van der Waals surface area contributed by atoms with Gasteiger partial charge < -0.3 is 4.90 Å². The third-order valence-corrected chi connectivity index (χ3v) is 4.67. The van der Waals surface area contributed by atoms with Crippen LogP contribution >= 0.6 is 0 Å². The summed E-state index contributed by atoms with van der Waals surface area (Å²) >= 11 is 0. The van der Waals surface area contributed by atoms with Crippen molar-refractivity contribution in [3.05, 3.63) is 18.1 Å². The Balaban J connectivity index is 2.11. The van der Waals surface area contributed by atoms with E-state index in [1.807, 2.05) is 0 Å². The summed E-state index contributed by atoms with van der Waals surface area (Å²) in [5, 5.41) is 4.07. The Morgan fingerprint density at radius 1 is 1.35 bits per heavy atom. The number of anilines is 1. The van der Waals surface area contributed by atoms with Crippen LogP contribution in [-0.2, 0) is 6.18 Å². The fraction of sp³-hybridized carbons (Fsp3) is 0.667. The van der Waals surface area contributed by atoms with Crippen molar-refractivity contribution in [1.29, 1.82) is 0 Å². The van der Waals surface area contributed by atoms with Crippen LogP contribution in [0.1, 0.15) is 45.2 Å². The van der Waals surface area contributed by atoms with Crippen LogP contribution in [-0.4, -0.2) is 32.2 Å². The summed E-state index contributed by atoms with van der Waals surface area (Å²) < 4.78 is 40.9. The summed E-state index contributed by atoms with van der Waals surface area (Å²) in [6.07, 6.45) is 0.780. The maximum absolute atomic E-state index is 13.2. The molecule has 23 heavy (non-hydrogen) atoms. The maximum Gasteiger partial charge on any atom is 0.433 e. The number of alkyl halides is 3. The standard InChI is InChI=1S/C15H20F3N5/c1-3-10(2)11-6-4-5-7-22(11)13-8-12(15(16,17)18)21-14-19-9-20-23(13)14/h8-11H,3-7H2,1-2H3/t10-,11+/m0/s1. The van der Waals surface area contributed by atoms with Crippen LogP contribution in [0.5, 0.6) is 0 Å². The third-order valence-electron chi connectivity index (χ3n) is 4.67. The van der Waals surface area contributed by atoms with E-state index in [1.165, 1.54) is 10.8 Å². The van der Waals surface area contributed by atoms with Gasteiger partial charge in [-0.2, -0.15) is 27.8 Å². The smallest absolute Gasteiger partial charge is 0.353 e. The van der Waals surface area contributed by atoms with E-state index >= 15 is 0 Å². The highest BCUT2D eigenvalue weighted by molar-refractivity contribution is 5.49. The molecule has 0 N–H and O–H groups in total. The minimum absolute atomic E-state index is 0.0108. The van der Waals surface area contributed by atoms with Gasteiger partial charge in [-0.05, 0) is 25.2 Å². The van der Waals surface area contributed by atoms with Crippen molar-refractivity contribution in [1.82, 2.24) is 19.6 Å². The molecule has 1 aliphatic heterocycles. The minimum Gasteiger partial charge on any atom is -0.353 e. The van der Waals surface area contributed by atoms with E-state index in [0.717, 1.165) is 38.3 Å². The minimum atomic E-state index is -4.50. The van der Waals surface area contributed by atoms with Crippen molar-refractivity contribution in [2.24, 2.45) is 5.92 Å². The number of rotatable bonds is 3. The van der Waals surface area contributed by atoms with E-state index in [4.69, 9.17) is 0 Å². The highest BCUT2D eigenvalue weighted by atomic mass is 19.4. The first kappa shape index (κ1) is 16.0. The molecule has 0 amide bonds. The van der Waals surface area contributed by atoms with Crippen LogP contribution in [0.15, 0.2) is 12.4 Å². The monoisotopic (exact) mass is 327 g/mol. The van der Waals surface area contributed by atoms with Crippen molar-refractivity contribution in [3.63, 3.8) is 0 Å². The second-order valence-electron chi connectivity index (χ2n) is 6.11. The van der Waals surface area contributed by atoms with Gasteiger partial charge in [-0.25, -0.2) is 4.98 Å². The average Bonchev–Trinajstić information content (AvgIpc) is 3.01. The zero-order valence-corrected chi connectivity index (χ0v) is 13.2. The molecule has 1 aliphatic rings. The van der Waals surface area contributed by atoms with Crippen LogP contribution in [0.4, 0.5) is 19.0 Å². The lowest BCUT2D eigenvalue weighted by atomic mass is 9.90. The Bertz CT molecular complexity index is 681. The van der Waals surface area contributed by atoms with Crippen LogP contribution in [0.3, 0.4) is 0 Å². The van der Waals surface area contributed by atoms with Gasteiger partial charge >= 0.3 is 6.18 Å². The van der Waals surface area contributed by atoms with Crippen LogP contribution in [0.25, 0.3) is 5.78 Å². The lowest BCUT2D eigenvalue weighted by molar-refractivity contribution is -0.141. The van der Waals surface area contributed by atoms with Gasteiger partial charge in [0.25, 0.3) is 5.78 Å². The molecule has 2 atom stereocenters. The number of piperidine rings is 1. The molecule has 2 aromatic heterocycles. The van der Waals surface area contributed by atoms with E-state index in [2.05, 4.69) is 33.8 Å². The Morgan fingerprint density at radius 3 is 2.83 bits per heavy atom. The fourth-order valence-corrected chi connectivity index (χ4v) is 3.25. The zero-order valence-electron chi connectivity index (χ0n) is 13.2. The molecule has 5 nitrogen and oxygen atoms in total. The average molecular weight is 327 g/mol. The SMILES string of the molecule is CC[C@H](C)[C@H]1CCCCN1c1cc(C(F)(F)F)nc2ncnn12. The molecule has 0 spiro atoms. The molecule has 3 rings (SSSR count). The van der Waals surface area contributed by atoms with E-state index < -0.39 is 11.9 Å². The van der Waals surface area contributed by atoms with Gasteiger partial charge in [0.15, 0.2) is 5.69 Å². The van der Waals surface area contributed by atoms with E-state index in [9.17, 15) is 13.2 Å². The first-order valence-electron chi connectivity index (χ1n) is 7.96. The van der Waals surface area contributed by atoms with Crippen LogP contribution in [0.2, 0.25) is 0 Å². The number of hydrogen-bond donors (Lipinski definition) is 0. The molecule has 0 aliphatic carbocycles. The lowest BCUT2D eigenvalue weighted by Crippen LogP contribution is -2.44. The number of hydrogen-bond acceptors (Lipinski definition) is 4. The van der Waals surface area contributed by atoms with Crippen LogP contribution in [0, 0.1) is 5.92 Å². The summed E-state index contributed by atoms with van der Waals surface area (Å²) in [6.45, 7) is 4.98. The second-order valence-corrected chi connectivity index (χ2v) is 6.11. The normalized spacial score (nSPS) is 20.9. The Hall–Kier alpha value is -1.86. The Morgan fingerprint density at radius 2 is 2.13 bits per heavy atom. The number of fused-ring (bicyclic) bond motifs is 1. The van der Waals surface area contributed by atoms with Crippen LogP contribution < -0.4 is 4.90 Å². The third kappa shape index (κ3) is 2.98. The number of halogens is 3. The summed E-state index contributed by atoms with van der Waals surface area (Å²) in [4.78, 5) is 9.49. The molecule has 1 fully saturated rings. The number of aromatic nitrogens is 4. The molecule has 0 radical (unpaired) electrons. The maximum atomic E-state index is 13.2. The van der Waals surface area contributed by atoms with Gasteiger partial charge in [0, 0.05) is 18.7 Å². The second kappa shape index (κ2) is 5.98. The molecule has 0 aromatic carbocycles. The van der Waals surface area contributed by atoms with Gasteiger partial charge in [0.05, 0.1) is 0 Å². The van der Waals surface area contributed by atoms with E-state index in [1.54, 1.807) is 0 Å². The fourth-order valence-electron chi connectivity index (χ4n) is 3.25. The molecule has 2 aromatic rings. The van der Waals surface area contributed by atoms with Crippen molar-refractivity contribution < 1.29 is 13.2 Å². The van der Waals surface area contributed by atoms with Crippen molar-refractivity contribution in [2.75, 3.05) is 11.4 Å². The first-order valence-corrected chi connectivity index (χ1v) is 7.96. The molecular weight excluding hydrogens is 307 g/mol. The van der Waals surface area contributed by atoms with E-state index in [-0.39, 0.29) is 11.8 Å². The Labute approximate surface area is 132 Å². The van der Waals surface area contributed by atoms with Gasteiger partial charge in [-0.3, -0.25) is 0 Å². The summed E-state index contributed by atoms with van der Waals surface area (Å²) in [6, 6.07) is 1.31.